The van der Waals surface area contributed by atoms with Crippen molar-refractivity contribution in [3.63, 3.8) is 0 Å². The standard InChI is InChI=1S/C14H26F3NO/c1-5-13(2,3)10-6-7-11(18-4)12(8-10)19-9-14(15,16)17/h10-12,18H,5-9H2,1-4H3. The van der Waals surface area contributed by atoms with Crippen LogP contribution in [0.1, 0.15) is 46.5 Å². The summed E-state index contributed by atoms with van der Waals surface area (Å²) in [5.74, 6) is 0.431. The van der Waals surface area contributed by atoms with E-state index in [1.807, 2.05) is 0 Å². The maximum absolute atomic E-state index is 12.3. The van der Waals surface area contributed by atoms with Crippen molar-refractivity contribution in [3.8, 4) is 0 Å². The molecule has 1 fully saturated rings. The largest absolute Gasteiger partial charge is 0.411 e. The lowest BCUT2D eigenvalue weighted by atomic mass is 9.68. The summed E-state index contributed by atoms with van der Waals surface area (Å²) in [5.41, 5.74) is 0.165. The van der Waals surface area contributed by atoms with Crippen LogP contribution in [-0.4, -0.2) is 32.0 Å². The third-order valence-electron chi connectivity index (χ3n) is 4.64. The first-order valence-corrected chi connectivity index (χ1v) is 7.05. The van der Waals surface area contributed by atoms with Crippen molar-refractivity contribution >= 4 is 0 Å². The van der Waals surface area contributed by atoms with Gasteiger partial charge in [0.15, 0.2) is 0 Å². The molecule has 0 aromatic carbocycles. The zero-order valence-corrected chi connectivity index (χ0v) is 12.3. The van der Waals surface area contributed by atoms with Gasteiger partial charge in [-0.05, 0) is 37.6 Å². The summed E-state index contributed by atoms with van der Waals surface area (Å²) in [6, 6.07) is 0.0336. The molecule has 0 radical (unpaired) electrons. The van der Waals surface area contributed by atoms with Gasteiger partial charge in [-0.1, -0.05) is 27.2 Å². The summed E-state index contributed by atoms with van der Waals surface area (Å²) < 4.78 is 42.0. The van der Waals surface area contributed by atoms with Crippen molar-refractivity contribution in [3.05, 3.63) is 0 Å². The monoisotopic (exact) mass is 281 g/mol. The smallest absolute Gasteiger partial charge is 0.367 e. The molecule has 2 nitrogen and oxygen atoms in total. The Balaban J connectivity index is 2.63. The van der Waals surface area contributed by atoms with Gasteiger partial charge in [-0.3, -0.25) is 0 Å². The molecule has 0 saturated heterocycles. The van der Waals surface area contributed by atoms with E-state index in [1.165, 1.54) is 0 Å². The number of ether oxygens (including phenoxy) is 1. The predicted octanol–water partition coefficient (Wildman–Crippen LogP) is 3.76. The highest BCUT2D eigenvalue weighted by atomic mass is 19.4. The van der Waals surface area contributed by atoms with Gasteiger partial charge in [0.2, 0.25) is 0 Å². The van der Waals surface area contributed by atoms with Crippen molar-refractivity contribution in [1.82, 2.24) is 5.32 Å². The Morgan fingerprint density at radius 2 is 1.84 bits per heavy atom. The van der Waals surface area contributed by atoms with Crippen LogP contribution in [0, 0.1) is 11.3 Å². The maximum atomic E-state index is 12.3. The number of hydrogen-bond acceptors (Lipinski definition) is 2. The fourth-order valence-corrected chi connectivity index (χ4v) is 2.84. The molecule has 19 heavy (non-hydrogen) atoms. The lowest BCUT2D eigenvalue weighted by molar-refractivity contribution is -0.193. The lowest BCUT2D eigenvalue weighted by Crippen LogP contribution is -2.47. The second kappa shape index (κ2) is 6.44. The third kappa shape index (κ3) is 4.95. The topological polar surface area (TPSA) is 21.3 Å². The first-order valence-electron chi connectivity index (χ1n) is 7.05. The second-order valence-corrected chi connectivity index (χ2v) is 6.21. The molecule has 3 atom stereocenters. The predicted molar refractivity (Wildman–Crippen MR) is 70.1 cm³/mol. The van der Waals surface area contributed by atoms with Crippen LogP contribution in [0.3, 0.4) is 0 Å². The molecule has 0 bridgehead atoms. The van der Waals surface area contributed by atoms with Crippen molar-refractivity contribution in [2.24, 2.45) is 11.3 Å². The van der Waals surface area contributed by atoms with Crippen molar-refractivity contribution in [1.29, 1.82) is 0 Å². The normalized spacial score (nSPS) is 29.5. The molecule has 5 heteroatoms. The Morgan fingerprint density at radius 3 is 2.32 bits per heavy atom. The molecular weight excluding hydrogens is 255 g/mol. The summed E-state index contributed by atoms with van der Waals surface area (Å²) in [4.78, 5) is 0. The zero-order chi connectivity index (χ0) is 14.7. The van der Waals surface area contributed by atoms with E-state index in [0.29, 0.717) is 12.3 Å². The zero-order valence-electron chi connectivity index (χ0n) is 12.3. The Hall–Kier alpha value is -0.290. The Kier molecular flexibility index (Phi) is 5.68. The summed E-state index contributed by atoms with van der Waals surface area (Å²) in [6.07, 6.45) is -0.899. The van der Waals surface area contributed by atoms with E-state index in [-0.39, 0.29) is 17.6 Å². The molecule has 3 unspecified atom stereocenters. The van der Waals surface area contributed by atoms with E-state index < -0.39 is 12.8 Å². The van der Waals surface area contributed by atoms with E-state index in [2.05, 4.69) is 26.1 Å². The van der Waals surface area contributed by atoms with Gasteiger partial charge in [0.1, 0.15) is 6.61 Å². The van der Waals surface area contributed by atoms with Gasteiger partial charge in [-0.25, -0.2) is 0 Å². The molecule has 1 aliphatic carbocycles. The molecular formula is C14H26F3NO. The van der Waals surface area contributed by atoms with E-state index in [0.717, 1.165) is 19.3 Å². The first-order chi connectivity index (χ1) is 8.69. The van der Waals surface area contributed by atoms with Gasteiger partial charge < -0.3 is 10.1 Å². The highest BCUT2D eigenvalue weighted by Gasteiger charge is 2.39. The van der Waals surface area contributed by atoms with E-state index >= 15 is 0 Å². The van der Waals surface area contributed by atoms with Crippen LogP contribution in [-0.2, 0) is 4.74 Å². The molecule has 0 amide bonds. The highest BCUT2D eigenvalue weighted by molar-refractivity contribution is 4.90. The van der Waals surface area contributed by atoms with E-state index in [1.54, 1.807) is 7.05 Å². The maximum Gasteiger partial charge on any atom is 0.411 e. The first kappa shape index (κ1) is 16.8. The molecule has 0 heterocycles. The third-order valence-corrected chi connectivity index (χ3v) is 4.64. The van der Waals surface area contributed by atoms with Crippen LogP contribution in [0.15, 0.2) is 0 Å². The average Bonchev–Trinajstić information content (AvgIpc) is 2.35. The van der Waals surface area contributed by atoms with Crippen LogP contribution in [0.4, 0.5) is 13.2 Å². The van der Waals surface area contributed by atoms with Crippen molar-refractivity contribution in [2.75, 3.05) is 13.7 Å². The number of halogens is 3. The minimum Gasteiger partial charge on any atom is -0.367 e. The fourth-order valence-electron chi connectivity index (χ4n) is 2.84. The van der Waals surface area contributed by atoms with Crippen LogP contribution >= 0.6 is 0 Å². The molecule has 0 aromatic heterocycles. The quantitative estimate of drug-likeness (QED) is 0.828. The summed E-state index contributed by atoms with van der Waals surface area (Å²) in [6.45, 7) is 5.38. The van der Waals surface area contributed by atoms with Gasteiger partial charge >= 0.3 is 6.18 Å². The lowest BCUT2D eigenvalue weighted by Gasteiger charge is -2.43. The number of likely N-dealkylation sites (N-methyl/N-ethyl adjacent to an activating group) is 1. The molecule has 1 saturated carbocycles. The Labute approximate surface area is 114 Å². The molecule has 0 aromatic rings. The van der Waals surface area contributed by atoms with Crippen LogP contribution < -0.4 is 5.32 Å². The van der Waals surface area contributed by atoms with Gasteiger partial charge in [0.05, 0.1) is 6.10 Å². The van der Waals surface area contributed by atoms with Gasteiger partial charge in [0, 0.05) is 6.04 Å². The molecule has 1 aliphatic rings. The number of alkyl halides is 3. The molecule has 1 rings (SSSR count). The SMILES string of the molecule is CCC(C)(C)C1CCC(NC)C(OCC(F)(F)F)C1. The minimum atomic E-state index is -4.24. The number of nitrogens with one attached hydrogen (secondary N) is 1. The second-order valence-electron chi connectivity index (χ2n) is 6.21. The number of rotatable bonds is 5. The Bertz CT molecular complexity index is 278. The van der Waals surface area contributed by atoms with Crippen LogP contribution in [0.5, 0.6) is 0 Å². The van der Waals surface area contributed by atoms with Crippen LogP contribution in [0.2, 0.25) is 0 Å². The number of hydrogen-bond donors (Lipinski definition) is 1. The minimum absolute atomic E-state index is 0.0336. The van der Waals surface area contributed by atoms with Gasteiger partial charge in [-0.15, -0.1) is 0 Å². The van der Waals surface area contributed by atoms with Crippen molar-refractivity contribution in [2.45, 2.75) is 64.8 Å². The molecule has 1 N–H and O–H groups in total. The molecule has 114 valence electrons. The summed E-state index contributed by atoms with van der Waals surface area (Å²) in [7, 11) is 1.79. The average molecular weight is 281 g/mol. The van der Waals surface area contributed by atoms with Gasteiger partial charge in [-0.2, -0.15) is 13.2 Å². The molecule has 0 spiro atoms. The molecule has 0 aliphatic heterocycles. The van der Waals surface area contributed by atoms with E-state index in [9.17, 15) is 13.2 Å². The van der Waals surface area contributed by atoms with Crippen molar-refractivity contribution < 1.29 is 17.9 Å². The summed E-state index contributed by atoms with van der Waals surface area (Å²) in [5, 5.41) is 3.09. The highest BCUT2D eigenvalue weighted by Crippen LogP contribution is 2.41. The van der Waals surface area contributed by atoms with E-state index in [4.69, 9.17) is 4.74 Å². The Morgan fingerprint density at radius 1 is 1.21 bits per heavy atom. The summed E-state index contributed by atoms with van der Waals surface area (Å²) >= 11 is 0. The fraction of sp³-hybridized carbons (Fsp3) is 1.00. The van der Waals surface area contributed by atoms with Gasteiger partial charge in [0.25, 0.3) is 0 Å². The van der Waals surface area contributed by atoms with Crippen LogP contribution in [0.25, 0.3) is 0 Å².